The first kappa shape index (κ1) is 10.2. The summed E-state index contributed by atoms with van der Waals surface area (Å²) in [5, 5.41) is 4.73. The van der Waals surface area contributed by atoms with E-state index in [2.05, 4.69) is 14.7 Å². The SMILES string of the molecule is NS(=O)(=O)NCCCc1ncc[nH]1. The molecule has 1 aromatic rings. The molecule has 0 saturated heterocycles. The molecule has 13 heavy (non-hydrogen) atoms. The molecular weight excluding hydrogens is 192 g/mol. The lowest BCUT2D eigenvalue weighted by Gasteiger charge is -1.99. The number of nitrogens with one attached hydrogen (secondary N) is 2. The molecule has 0 unspecified atom stereocenters. The van der Waals surface area contributed by atoms with E-state index in [-0.39, 0.29) is 0 Å². The number of aromatic nitrogens is 2. The summed E-state index contributed by atoms with van der Waals surface area (Å²) in [6.07, 6.45) is 4.75. The maximum atomic E-state index is 10.4. The van der Waals surface area contributed by atoms with Crippen LogP contribution in [0, 0.1) is 0 Å². The fourth-order valence-corrected chi connectivity index (χ4v) is 1.33. The number of hydrogen-bond donors (Lipinski definition) is 3. The molecule has 0 amide bonds. The first-order chi connectivity index (χ1) is 6.08. The number of aromatic amines is 1. The highest BCUT2D eigenvalue weighted by atomic mass is 32.2. The van der Waals surface area contributed by atoms with Crippen molar-refractivity contribution in [3.8, 4) is 0 Å². The molecule has 0 fully saturated rings. The Morgan fingerprint density at radius 3 is 2.92 bits per heavy atom. The summed E-state index contributed by atoms with van der Waals surface area (Å²) in [5.41, 5.74) is 0. The van der Waals surface area contributed by atoms with E-state index in [0.29, 0.717) is 19.4 Å². The summed E-state index contributed by atoms with van der Waals surface area (Å²) in [6, 6.07) is 0. The van der Waals surface area contributed by atoms with Gasteiger partial charge in [-0.1, -0.05) is 0 Å². The minimum atomic E-state index is -3.55. The topological polar surface area (TPSA) is 101 Å². The highest BCUT2D eigenvalue weighted by Gasteiger charge is 2.00. The summed E-state index contributed by atoms with van der Waals surface area (Å²) in [5.74, 6) is 0.844. The van der Waals surface area contributed by atoms with Gasteiger partial charge in [-0.2, -0.15) is 8.42 Å². The minimum Gasteiger partial charge on any atom is -0.349 e. The highest BCUT2D eigenvalue weighted by molar-refractivity contribution is 7.87. The van der Waals surface area contributed by atoms with Gasteiger partial charge in [0.2, 0.25) is 0 Å². The van der Waals surface area contributed by atoms with E-state index in [0.717, 1.165) is 5.82 Å². The maximum Gasteiger partial charge on any atom is 0.274 e. The van der Waals surface area contributed by atoms with Gasteiger partial charge < -0.3 is 4.98 Å². The van der Waals surface area contributed by atoms with Gasteiger partial charge in [-0.3, -0.25) is 0 Å². The van der Waals surface area contributed by atoms with E-state index in [1.165, 1.54) is 0 Å². The number of imidazole rings is 1. The third-order valence-corrected chi connectivity index (χ3v) is 2.05. The fourth-order valence-electron chi connectivity index (χ4n) is 0.905. The van der Waals surface area contributed by atoms with Crippen molar-refractivity contribution < 1.29 is 8.42 Å². The molecule has 0 radical (unpaired) electrons. The third kappa shape index (κ3) is 4.61. The van der Waals surface area contributed by atoms with E-state index in [9.17, 15) is 8.42 Å². The van der Waals surface area contributed by atoms with Crippen LogP contribution in [0.1, 0.15) is 12.2 Å². The van der Waals surface area contributed by atoms with Crippen LogP contribution in [0.3, 0.4) is 0 Å². The Morgan fingerprint density at radius 1 is 1.62 bits per heavy atom. The van der Waals surface area contributed by atoms with Gasteiger partial charge in [0.05, 0.1) is 0 Å². The monoisotopic (exact) mass is 204 g/mol. The number of nitrogens with two attached hydrogens (primary N) is 1. The Hall–Kier alpha value is -0.920. The predicted molar refractivity (Wildman–Crippen MR) is 48.0 cm³/mol. The van der Waals surface area contributed by atoms with Gasteiger partial charge >= 0.3 is 0 Å². The van der Waals surface area contributed by atoms with Crippen molar-refractivity contribution in [2.75, 3.05) is 6.54 Å². The Bertz CT molecular complexity index is 332. The van der Waals surface area contributed by atoms with Crippen molar-refractivity contribution in [1.29, 1.82) is 0 Å². The van der Waals surface area contributed by atoms with Crippen molar-refractivity contribution in [3.05, 3.63) is 18.2 Å². The molecule has 0 aliphatic rings. The zero-order valence-corrected chi connectivity index (χ0v) is 7.84. The van der Waals surface area contributed by atoms with Crippen LogP contribution in [0.15, 0.2) is 12.4 Å². The zero-order chi connectivity index (χ0) is 9.73. The number of hydrogen-bond acceptors (Lipinski definition) is 3. The molecule has 74 valence electrons. The molecule has 0 atom stereocenters. The minimum absolute atomic E-state index is 0.333. The van der Waals surface area contributed by atoms with Crippen molar-refractivity contribution >= 4 is 10.2 Å². The van der Waals surface area contributed by atoms with Crippen LogP contribution in [0.2, 0.25) is 0 Å². The molecule has 6 nitrogen and oxygen atoms in total. The van der Waals surface area contributed by atoms with Crippen molar-refractivity contribution in [2.24, 2.45) is 5.14 Å². The van der Waals surface area contributed by atoms with E-state index >= 15 is 0 Å². The summed E-state index contributed by atoms with van der Waals surface area (Å²) < 4.78 is 23.1. The van der Waals surface area contributed by atoms with Crippen LogP contribution in [-0.2, 0) is 16.6 Å². The summed E-state index contributed by atoms with van der Waals surface area (Å²) in [7, 11) is -3.55. The number of rotatable bonds is 5. The van der Waals surface area contributed by atoms with Crippen LogP contribution < -0.4 is 9.86 Å². The lowest BCUT2D eigenvalue weighted by molar-refractivity contribution is 0.580. The Balaban J connectivity index is 2.16. The molecule has 7 heteroatoms. The van der Waals surface area contributed by atoms with Crippen LogP contribution in [-0.4, -0.2) is 24.9 Å². The molecule has 1 aromatic heterocycles. The molecule has 0 aliphatic carbocycles. The molecule has 0 aromatic carbocycles. The third-order valence-electron chi connectivity index (χ3n) is 1.45. The Kier molecular flexibility index (Phi) is 3.40. The molecule has 0 bridgehead atoms. The second-order valence-corrected chi connectivity index (χ2v) is 3.96. The van der Waals surface area contributed by atoms with Gasteiger partial charge in [-0.25, -0.2) is 14.8 Å². The van der Waals surface area contributed by atoms with Crippen molar-refractivity contribution in [1.82, 2.24) is 14.7 Å². The second-order valence-electron chi connectivity index (χ2n) is 2.58. The summed E-state index contributed by atoms with van der Waals surface area (Å²) >= 11 is 0. The van der Waals surface area contributed by atoms with E-state index < -0.39 is 10.2 Å². The first-order valence-electron chi connectivity index (χ1n) is 3.83. The first-order valence-corrected chi connectivity index (χ1v) is 5.38. The van der Waals surface area contributed by atoms with Crippen LogP contribution >= 0.6 is 0 Å². The number of nitrogens with zero attached hydrogens (tertiary/aromatic N) is 1. The van der Waals surface area contributed by atoms with E-state index in [1.807, 2.05) is 0 Å². The summed E-state index contributed by atoms with van der Waals surface area (Å²) in [6.45, 7) is 0.333. The zero-order valence-electron chi connectivity index (χ0n) is 7.03. The van der Waals surface area contributed by atoms with Crippen LogP contribution in [0.25, 0.3) is 0 Å². The van der Waals surface area contributed by atoms with Crippen LogP contribution in [0.4, 0.5) is 0 Å². The quantitative estimate of drug-likeness (QED) is 0.544. The average Bonchev–Trinajstić information content (AvgIpc) is 2.48. The van der Waals surface area contributed by atoms with Gasteiger partial charge in [0, 0.05) is 25.4 Å². The predicted octanol–water partition coefficient (Wildman–Crippen LogP) is -0.865. The molecule has 0 saturated carbocycles. The van der Waals surface area contributed by atoms with Crippen LogP contribution in [0.5, 0.6) is 0 Å². The lowest BCUT2D eigenvalue weighted by Crippen LogP contribution is -2.31. The highest BCUT2D eigenvalue weighted by Crippen LogP contribution is 1.93. The molecule has 1 rings (SSSR count). The molecule has 1 heterocycles. The van der Waals surface area contributed by atoms with E-state index in [4.69, 9.17) is 5.14 Å². The van der Waals surface area contributed by atoms with Gasteiger partial charge in [0.1, 0.15) is 5.82 Å². The molecule has 0 spiro atoms. The van der Waals surface area contributed by atoms with Gasteiger partial charge in [0.15, 0.2) is 0 Å². The lowest BCUT2D eigenvalue weighted by atomic mass is 10.3. The van der Waals surface area contributed by atoms with Crippen molar-refractivity contribution in [3.63, 3.8) is 0 Å². The molecule has 4 N–H and O–H groups in total. The van der Waals surface area contributed by atoms with Gasteiger partial charge in [-0.05, 0) is 6.42 Å². The standard InChI is InChI=1S/C6H12N4O2S/c7-13(11,12)10-3-1-2-6-8-4-5-9-6/h4-5,10H,1-3H2,(H,8,9)(H2,7,11,12). The average molecular weight is 204 g/mol. The normalized spacial score (nSPS) is 11.8. The Labute approximate surface area is 76.7 Å². The van der Waals surface area contributed by atoms with Crippen molar-refractivity contribution in [2.45, 2.75) is 12.8 Å². The maximum absolute atomic E-state index is 10.4. The number of H-pyrrole nitrogens is 1. The fraction of sp³-hybridized carbons (Fsp3) is 0.500. The van der Waals surface area contributed by atoms with Gasteiger partial charge in [0.25, 0.3) is 10.2 Å². The molecular formula is C6H12N4O2S. The number of aryl methyl sites for hydroxylation is 1. The Morgan fingerprint density at radius 2 is 2.38 bits per heavy atom. The largest absolute Gasteiger partial charge is 0.349 e. The smallest absolute Gasteiger partial charge is 0.274 e. The van der Waals surface area contributed by atoms with Gasteiger partial charge in [-0.15, -0.1) is 0 Å². The summed E-state index contributed by atoms with van der Waals surface area (Å²) in [4.78, 5) is 6.90. The van der Waals surface area contributed by atoms with E-state index in [1.54, 1.807) is 12.4 Å². The molecule has 0 aliphatic heterocycles. The second kappa shape index (κ2) is 4.35.